The molecule has 0 saturated heterocycles. The zero-order valence-electron chi connectivity index (χ0n) is 27.7. The molecule has 1 aliphatic carbocycles. The molecule has 2 N–H and O–H groups in total. The zero-order chi connectivity index (χ0) is 35.3. The lowest BCUT2D eigenvalue weighted by Crippen LogP contribution is -2.49. The van der Waals surface area contributed by atoms with Crippen molar-refractivity contribution in [1.29, 1.82) is 0 Å². The molecule has 0 radical (unpaired) electrons. The molecule has 0 aliphatic heterocycles. The maximum Gasteiger partial charge on any atom is 0.411 e. The Bertz CT molecular complexity index is 1880. The van der Waals surface area contributed by atoms with Crippen LogP contribution in [-0.4, -0.2) is 45.1 Å². The van der Waals surface area contributed by atoms with Crippen LogP contribution in [0.1, 0.15) is 73.5 Å². The molecule has 1 amide bonds. The van der Waals surface area contributed by atoms with Crippen LogP contribution < -0.4 is 11.3 Å². The number of pyridine rings is 1. The molecular formula is C38H39F2N3O6. The number of nitrogens with two attached hydrogens (primary N) is 1. The summed E-state index contributed by atoms with van der Waals surface area (Å²) in [5, 5.41) is 0. The summed E-state index contributed by atoms with van der Waals surface area (Å²) in [6.45, 7) is 5.20. The number of amides is 1. The molecule has 0 spiro atoms. The van der Waals surface area contributed by atoms with Gasteiger partial charge in [-0.3, -0.25) is 19.1 Å². The minimum atomic E-state index is -1.06. The van der Waals surface area contributed by atoms with Gasteiger partial charge in [-0.2, -0.15) is 0 Å². The molecule has 256 valence electrons. The zero-order valence-corrected chi connectivity index (χ0v) is 27.7. The number of benzene rings is 3. The average molecular weight is 672 g/mol. The van der Waals surface area contributed by atoms with E-state index in [2.05, 4.69) is 0 Å². The number of nitrogens with zero attached hydrogens (tertiary/aromatic N) is 2. The second-order valence-corrected chi connectivity index (χ2v) is 13.1. The van der Waals surface area contributed by atoms with E-state index in [1.165, 1.54) is 11.0 Å². The van der Waals surface area contributed by atoms with Crippen LogP contribution in [0.2, 0.25) is 0 Å². The minimum Gasteiger partial charge on any atom is -0.461 e. The normalized spacial score (nSPS) is 13.9. The molecule has 1 saturated carbocycles. The van der Waals surface area contributed by atoms with Gasteiger partial charge in [0.1, 0.15) is 35.2 Å². The maximum absolute atomic E-state index is 14.4. The Morgan fingerprint density at radius 3 is 2.18 bits per heavy atom. The molecule has 0 bridgehead atoms. The van der Waals surface area contributed by atoms with E-state index in [9.17, 15) is 28.0 Å². The Morgan fingerprint density at radius 2 is 1.55 bits per heavy atom. The van der Waals surface area contributed by atoms with Crippen LogP contribution in [0.15, 0.2) is 89.7 Å². The summed E-state index contributed by atoms with van der Waals surface area (Å²) in [4.78, 5) is 54.9. The molecule has 3 aromatic carbocycles. The maximum atomic E-state index is 14.4. The third-order valence-electron chi connectivity index (χ3n) is 8.23. The molecule has 1 heterocycles. The number of hydrogen-bond acceptors (Lipinski definition) is 7. The first-order chi connectivity index (χ1) is 23.3. The van der Waals surface area contributed by atoms with E-state index in [4.69, 9.17) is 15.2 Å². The lowest BCUT2D eigenvalue weighted by Gasteiger charge is -2.33. The molecule has 9 nitrogen and oxygen atoms in total. The highest BCUT2D eigenvalue weighted by Gasteiger charge is 2.36. The third-order valence-corrected chi connectivity index (χ3v) is 8.23. The van der Waals surface area contributed by atoms with Gasteiger partial charge in [0.2, 0.25) is 0 Å². The summed E-state index contributed by atoms with van der Waals surface area (Å²) in [5.74, 6) is -3.46. The molecule has 49 heavy (non-hydrogen) atoms. The van der Waals surface area contributed by atoms with Crippen molar-refractivity contribution in [3.63, 3.8) is 0 Å². The lowest BCUT2D eigenvalue weighted by atomic mass is 10.0. The lowest BCUT2D eigenvalue weighted by molar-refractivity contribution is -0.155. The van der Waals surface area contributed by atoms with Crippen molar-refractivity contribution < 1.29 is 32.6 Å². The van der Waals surface area contributed by atoms with E-state index >= 15 is 0 Å². The van der Waals surface area contributed by atoms with Crippen LogP contribution in [0.5, 0.6) is 0 Å². The number of rotatable bonds is 10. The number of nitrogen functional groups attached to an aromatic ring is 1. The number of ketones is 1. The fraction of sp³-hybridized carbons (Fsp3) is 0.316. The van der Waals surface area contributed by atoms with Crippen LogP contribution in [0.3, 0.4) is 0 Å². The summed E-state index contributed by atoms with van der Waals surface area (Å²) >= 11 is 0. The van der Waals surface area contributed by atoms with Crippen LogP contribution in [-0.2, 0) is 27.2 Å². The van der Waals surface area contributed by atoms with E-state index in [1.54, 1.807) is 45.0 Å². The Kier molecular flexibility index (Phi) is 10.6. The Labute approximate surface area is 283 Å². The number of carbonyl (C=O) groups is 3. The first-order valence-corrected chi connectivity index (χ1v) is 16.2. The number of anilines is 1. The van der Waals surface area contributed by atoms with Gasteiger partial charge in [-0.15, -0.1) is 0 Å². The Morgan fingerprint density at radius 1 is 0.898 bits per heavy atom. The van der Waals surface area contributed by atoms with E-state index in [0.29, 0.717) is 17.3 Å². The first kappa shape index (κ1) is 35.0. The quantitative estimate of drug-likeness (QED) is 0.146. The molecule has 11 heteroatoms. The Hall–Kier alpha value is -5.32. The van der Waals surface area contributed by atoms with Gasteiger partial charge in [-0.05, 0) is 87.9 Å². The topological polar surface area (TPSA) is 121 Å². The highest BCUT2D eigenvalue weighted by atomic mass is 19.1. The van der Waals surface area contributed by atoms with Crippen molar-refractivity contribution in [2.75, 3.05) is 5.73 Å². The van der Waals surface area contributed by atoms with Crippen LogP contribution in [0.4, 0.5) is 19.4 Å². The van der Waals surface area contributed by atoms with Crippen molar-refractivity contribution in [3.8, 4) is 5.69 Å². The van der Waals surface area contributed by atoms with Gasteiger partial charge in [0.05, 0.1) is 16.8 Å². The fourth-order valence-corrected chi connectivity index (χ4v) is 5.81. The van der Waals surface area contributed by atoms with E-state index in [1.807, 2.05) is 30.3 Å². The molecule has 1 atom stereocenters. The van der Waals surface area contributed by atoms with E-state index in [0.717, 1.165) is 54.0 Å². The number of hydrogen-bond donors (Lipinski definition) is 1. The summed E-state index contributed by atoms with van der Waals surface area (Å²) < 4.78 is 40.6. The molecule has 1 aliphatic rings. The van der Waals surface area contributed by atoms with Crippen molar-refractivity contribution in [3.05, 3.63) is 129 Å². The second-order valence-electron chi connectivity index (χ2n) is 13.1. The summed E-state index contributed by atoms with van der Waals surface area (Å²) in [5.41, 5.74) is 6.10. The summed E-state index contributed by atoms with van der Waals surface area (Å²) in [7, 11) is 0. The highest BCUT2D eigenvalue weighted by molar-refractivity contribution is 6.11. The number of esters is 1. The SMILES string of the molecule is CC(C)(C)OC(=O)N(Cc1ccc(-n2c(N)c(C(=O)c3ccc(F)cc3F)ccc2=O)cc1)[C@@H](Cc1ccccc1)C(=O)OC1CCCC1. The smallest absolute Gasteiger partial charge is 0.411 e. The molecule has 1 fully saturated rings. The van der Waals surface area contributed by atoms with Crippen molar-refractivity contribution in [1.82, 2.24) is 9.47 Å². The van der Waals surface area contributed by atoms with Crippen LogP contribution >= 0.6 is 0 Å². The second kappa shape index (κ2) is 14.8. The Balaban J connectivity index is 1.47. The van der Waals surface area contributed by atoms with Crippen molar-refractivity contribution in [2.24, 2.45) is 0 Å². The molecular weight excluding hydrogens is 632 g/mol. The molecule has 4 aromatic rings. The molecule has 1 aromatic heterocycles. The predicted octanol–water partition coefficient (Wildman–Crippen LogP) is 6.76. The van der Waals surface area contributed by atoms with Gasteiger partial charge in [0.15, 0.2) is 5.78 Å². The number of carbonyl (C=O) groups excluding carboxylic acids is 3. The van der Waals surface area contributed by atoms with E-state index in [-0.39, 0.29) is 30.5 Å². The van der Waals surface area contributed by atoms with Crippen molar-refractivity contribution in [2.45, 2.75) is 77.2 Å². The largest absolute Gasteiger partial charge is 0.461 e. The fourth-order valence-electron chi connectivity index (χ4n) is 5.81. The minimum absolute atomic E-state index is 0.0286. The van der Waals surface area contributed by atoms with Gasteiger partial charge in [0, 0.05) is 25.1 Å². The summed E-state index contributed by atoms with van der Waals surface area (Å²) in [6, 6.07) is 19.7. The first-order valence-electron chi connectivity index (χ1n) is 16.2. The van der Waals surface area contributed by atoms with Gasteiger partial charge in [0.25, 0.3) is 5.56 Å². The highest BCUT2D eigenvalue weighted by Crippen LogP contribution is 2.26. The van der Waals surface area contributed by atoms with Crippen LogP contribution in [0.25, 0.3) is 5.69 Å². The van der Waals surface area contributed by atoms with Crippen LogP contribution in [0, 0.1) is 11.6 Å². The number of halogens is 2. The van der Waals surface area contributed by atoms with E-state index < -0.39 is 52.2 Å². The average Bonchev–Trinajstić information content (AvgIpc) is 3.56. The van der Waals surface area contributed by atoms with Gasteiger partial charge in [-0.25, -0.2) is 18.4 Å². The number of ether oxygens (including phenoxy) is 2. The standard InChI is InChI=1S/C38H39F2N3O6/c1-38(2,3)49-37(47)42(32(21-24-9-5-4-6-10-24)36(46)48-28-11-7-8-12-28)23-25-13-16-27(17-14-25)43-33(44)20-19-30(35(43)41)34(45)29-18-15-26(39)22-31(29)40/h4-6,9-10,13-20,22,28,32H,7-8,11-12,21,23,41H2,1-3H3/t32-/m0/s1. The molecule has 0 unspecified atom stereocenters. The van der Waals surface area contributed by atoms with Gasteiger partial charge in [-0.1, -0.05) is 42.5 Å². The molecule has 5 rings (SSSR count). The third kappa shape index (κ3) is 8.59. The van der Waals surface area contributed by atoms with Gasteiger partial charge >= 0.3 is 12.1 Å². The number of aromatic nitrogens is 1. The van der Waals surface area contributed by atoms with Gasteiger partial charge < -0.3 is 15.2 Å². The predicted molar refractivity (Wildman–Crippen MR) is 180 cm³/mol. The monoisotopic (exact) mass is 671 g/mol. The summed E-state index contributed by atoms with van der Waals surface area (Å²) in [6.07, 6.45) is 2.77. The van der Waals surface area contributed by atoms with Crippen molar-refractivity contribution >= 4 is 23.7 Å².